The molecule has 0 fully saturated rings. The molecule has 2 aromatic carbocycles. The van der Waals surface area contributed by atoms with E-state index >= 15 is 0 Å². The molecule has 0 saturated carbocycles. The van der Waals surface area contributed by atoms with Gasteiger partial charge in [0, 0.05) is 38.4 Å². The highest BCUT2D eigenvalue weighted by molar-refractivity contribution is 14.0. The standard InChI is InChI=1S/C21H26F3N3O3.HI/c1-4-29-18-7-5-6-15(19(18)30-20(23)24)12-27-21(25-2)26-11-14-8-9-17(22)16(10-14)13-28-3;/h5-10,20H,4,11-13H2,1-3H3,(H2,25,26,27);1H. The summed E-state index contributed by atoms with van der Waals surface area (Å²) in [5, 5.41) is 6.15. The number of rotatable bonds is 10. The highest BCUT2D eigenvalue weighted by Gasteiger charge is 2.16. The zero-order valence-corrected chi connectivity index (χ0v) is 19.9. The van der Waals surface area contributed by atoms with Gasteiger partial charge in [0.15, 0.2) is 17.5 Å². The molecule has 2 rings (SSSR count). The van der Waals surface area contributed by atoms with E-state index in [9.17, 15) is 13.2 Å². The summed E-state index contributed by atoms with van der Waals surface area (Å²) in [4.78, 5) is 4.12. The lowest BCUT2D eigenvalue weighted by Crippen LogP contribution is -2.36. The number of hydrogen-bond acceptors (Lipinski definition) is 4. The number of methoxy groups -OCH3 is 1. The number of nitrogens with zero attached hydrogens (tertiary/aromatic N) is 1. The van der Waals surface area contributed by atoms with E-state index in [0.29, 0.717) is 30.2 Å². The molecule has 0 saturated heterocycles. The van der Waals surface area contributed by atoms with Gasteiger partial charge in [-0.3, -0.25) is 4.99 Å². The molecule has 0 amide bonds. The van der Waals surface area contributed by atoms with Gasteiger partial charge in [-0.1, -0.05) is 18.2 Å². The topological polar surface area (TPSA) is 64.1 Å². The van der Waals surface area contributed by atoms with Gasteiger partial charge in [0.2, 0.25) is 0 Å². The molecule has 0 atom stereocenters. The summed E-state index contributed by atoms with van der Waals surface area (Å²) in [7, 11) is 3.09. The summed E-state index contributed by atoms with van der Waals surface area (Å²) < 4.78 is 54.5. The molecular formula is C21H27F3IN3O3. The largest absolute Gasteiger partial charge is 0.490 e. The Hall–Kier alpha value is -2.21. The zero-order valence-electron chi connectivity index (χ0n) is 17.6. The smallest absolute Gasteiger partial charge is 0.387 e. The predicted molar refractivity (Wildman–Crippen MR) is 124 cm³/mol. The second-order valence-electron chi connectivity index (χ2n) is 6.19. The van der Waals surface area contributed by atoms with Crippen molar-refractivity contribution in [2.24, 2.45) is 4.99 Å². The van der Waals surface area contributed by atoms with E-state index in [0.717, 1.165) is 5.56 Å². The van der Waals surface area contributed by atoms with E-state index in [1.54, 1.807) is 44.3 Å². The first-order chi connectivity index (χ1) is 14.5. The number of para-hydroxylation sites is 1. The minimum absolute atomic E-state index is 0. The maximum Gasteiger partial charge on any atom is 0.387 e. The normalized spacial score (nSPS) is 11.1. The van der Waals surface area contributed by atoms with Gasteiger partial charge in [-0.05, 0) is 30.7 Å². The molecular weight excluding hydrogens is 526 g/mol. The quantitative estimate of drug-likeness (QED) is 0.259. The van der Waals surface area contributed by atoms with Gasteiger partial charge in [-0.25, -0.2) is 4.39 Å². The molecule has 0 spiro atoms. The van der Waals surface area contributed by atoms with E-state index in [-0.39, 0.29) is 54.4 Å². The Morgan fingerprint density at radius 3 is 2.48 bits per heavy atom. The summed E-state index contributed by atoms with van der Waals surface area (Å²) >= 11 is 0. The third kappa shape index (κ3) is 8.44. The number of aliphatic imine (C=N–C) groups is 1. The number of alkyl halides is 2. The van der Waals surface area contributed by atoms with Gasteiger partial charge in [-0.15, -0.1) is 24.0 Å². The summed E-state index contributed by atoms with van der Waals surface area (Å²) in [5.41, 5.74) is 1.79. The zero-order chi connectivity index (χ0) is 21.9. The number of nitrogens with one attached hydrogen (secondary N) is 2. The van der Waals surface area contributed by atoms with Crippen LogP contribution < -0.4 is 20.1 Å². The first-order valence-electron chi connectivity index (χ1n) is 9.38. The fraction of sp³-hybridized carbons (Fsp3) is 0.381. The van der Waals surface area contributed by atoms with Crippen LogP contribution >= 0.6 is 24.0 Å². The van der Waals surface area contributed by atoms with Crippen molar-refractivity contribution in [2.75, 3.05) is 20.8 Å². The van der Waals surface area contributed by atoms with Crippen LogP contribution in [0, 0.1) is 5.82 Å². The first-order valence-corrected chi connectivity index (χ1v) is 9.38. The molecule has 2 aromatic rings. The molecule has 0 aliphatic carbocycles. The van der Waals surface area contributed by atoms with Crippen molar-refractivity contribution in [3.05, 3.63) is 58.9 Å². The van der Waals surface area contributed by atoms with E-state index in [4.69, 9.17) is 9.47 Å². The monoisotopic (exact) mass is 553 g/mol. The maximum absolute atomic E-state index is 13.7. The van der Waals surface area contributed by atoms with E-state index in [1.807, 2.05) is 0 Å². The van der Waals surface area contributed by atoms with Gasteiger partial charge in [0.05, 0.1) is 13.2 Å². The number of benzene rings is 2. The average molecular weight is 553 g/mol. The molecule has 0 bridgehead atoms. The molecule has 0 unspecified atom stereocenters. The third-order valence-electron chi connectivity index (χ3n) is 4.11. The Bertz CT molecular complexity index is 854. The van der Waals surface area contributed by atoms with Crippen LogP contribution in [0.3, 0.4) is 0 Å². The second-order valence-corrected chi connectivity index (χ2v) is 6.19. The van der Waals surface area contributed by atoms with Crippen molar-refractivity contribution in [1.82, 2.24) is 10.6 Å². The molecule has 10 heteroatoms. The van der Waals surface area contributed by atoms with Crippen LogP contribution in [-0.2, 0) is 24.4 Å². The Morgan fingerprint density at radius 1 is 1.10 bits per heavy atom. The fourth-order valence-corrected chi connectivity index (χ4v) is 2.78. The van der Waals surface area contributed by atoms with Gasteiger partial charge in [0.25, 0.3) is 0 Å². The minimum Gasteiger partial charge on any atom is -0.490 e. The van der Waals surface area contributed by atoms with Gasteiger partial charge in [-0.2, -0.15) is 8.78 Å². The lowest BCUT2D eigenvalue weighted by atomic mass is 10.1. The Kier molecular flexibility index (Phi) is 12.1. The number of hydrogen-bond donors (Lipinski definition) is 2. The highest BCUT2D eigenvalue weighted by Crippen LogP contribution is 2.32. The van der Waals surface area contributed by atoms with Crippen LogP contribution in [0.15, 0.2) is 41.4 Å². The van der Waals surface area contributed by atoms with Crippen molar-refractivity contribution < 1.29 is 27.4 Å². The molecule has 6 nitrogen and oxygen atoms in total. The van der Waals surface area contributed by atoms with Crippen molar-refractivity contribution >= 4 is 29.9 Å². The van der Waals surface area contributed by atoms with Crippen LogP contribution in [-0.4, -0.2) is 33.3 Å². The maximum atomic E-state index is 13.7. The molecule has 172 valence electrons. The highest BCUT2D eigenvalue weighted by atomic mass is 127. The van der Waals surface area contributed by atoms with Crippen molar-refractivity contribution in [2.45, 2.75) is 33.2 Å². The molecule has 0 aromatic heterocycles. The van der Waals surface area contributed by atoms with Crippen LogP contribution in [0.1, 0.15) is 23.6 Å². The SMILES string of the molecule is CCOc1cccc(CNC(=NC)NCc2ccc(F)c(COC)c2)c1OC(F)F.I. The van der Waals surface area contributed by atoms with Crippen LogP contribution in [0.5, 0.6) is 11.5 Å². The summed E-state index contributed by atoms with van der Waals surface area (Å²) in [6, 6.07) is 9.69. The first kappa shape index (κ1) is 26.8. The summed E-state index contributed by atoms with van der Waals surface area (Å²) in [6.45, 7) is -0.145. The molecule has 0 heterocycles. The Morgan fingerprint density at radius 2 is 1.84 bits per heavy atom. The van der Waals surface area contributed by atoms with Gasteiger partial charge < -0.3 is 24.8 Å². The summed E-state index contributed by atoms with van der Waals surface area (Å²) in [5.74, 6) is 0.346. The predicted octanol–water partition coefficient (Wildman–Crippen LogP) is 4.46. The van der Waals surface area contributed by atoms with Crippen LogP contribution in [0.2, 0.25) is 0 Å². The molecule has 0 radical (unpaired) electrons. The summed E-state index contributed by atoms with van der Waals surface area (Å²) in [6.07, 6.45) is 0. The van der Waals surface area contributed by atoms with Crippen molar-refractivity contribution in [1.29, 1.82) is 0 Å². The Balaban J connectivity index is 0.00000480. The van der Waals surface area contributed by atoms with E-state index in [2.05, 4.69) is 20.4 Å². The van der Waals surface area contributed by atoms with E-state index < -0.39 is 6.61 Å². The molecule has 2 N–H and O–H groups in total. The number of halogens is 4. The lowest BCUT2D eigenvalue weighted by Gasteiger charge is -2.17. The van der Waals surface area contributed by atoms with Crippen molar-refractivity contribution in [3.63, 3.8) is 0 Å². The van der Waals surface area contributed by atoms with Gasteiger partial charge >= 0.3 is 6.61 Å². The molecule has 0 aliphatic rings. The Labute approximate surface area is 197 Å². The minimum atomic E-state index is -2.97. The third-order valence-corrected chi connectivity index (χ3v) is 4.11. The molecule has 0 aliphatic heterocycles. The van der Waals surface area contributed by atoms with Gasteiger partial charge in [0.1, 0.15) is 5.82 Å². The van der Waals surface area contributed by atoms with Crippen molar-refractivity contribution in [3.8, 4) is 11.5 Å². The van der Waals surface area contributed by atoms with E-state index in [1.165, 1.54) is 13.2 Å². The van der Waals surface area contributed by atoms with Crippen LogP contribution in [0.25, 0.3) is 0 Å². The molecule has 31 heavy (non-hydrogen) atoms. The fourth-order valence-electron chi connectivity index (χ4n) is 2.78. The number of guanidine groups is 1. The van der Waals surface area contributed by atoms with Crippen LogP contribution in [0.4, 0.5) is 13.2 Å². The second kappa shape index (κ2) is 14.0. The number of ether oxygens (including phenoxy) is 3. The lowest BCUT2D eigenvalue weighted by molar-refractivity contribution is -0.0520. The average Bonchev–Trinajstić information content (AvgIpc) is 2.72.